The van der Waals surface area contributed by atoms with Crippen LogP contribution in [0.25, 0.3) is 10.9 Å². The van der Waals surface area contributed by atoms with Crippen molar-refractivity contribution in [1.29, 1.82) is 0 Å². The Hall–Kier alpha value is -1.77. The van der Waals surface area contributed by atoms with Gasteiger partial charge in [0.05, 0.1) is 6.54 Å². The highest BCUT2D eigenvalue weighted by molar-refractivity contribution is 5.81. The minimum Gasteiger partial charge on any atom is -0.343 e. The van der Waals surface area contributed by atoms with Gasteiger partial charge < -0.3 is 9.47 Å². The quantitative estimate of drug-likeness (QED) is 0.679. The molecular formula is C14H16N2O. The monoisotopic (exact) mass is 228 g/mol. The van der Waals surface area contributed by atoms with Crippen LogP contribution in [0.3, 0.4) is 0 Å². The van der Waals surface area contributed by atoms with E-state index in [1.165, 1.54) is 16.6 Å². The van der Waals surface area contributed by atoms with Gasteiger partial charge >= 0.3 is 0 Å². The Labute approximate surface area is 101 Å². The summed E-state index contributed by atoms with van der Waals surface area (Å²) >= 11 is 0. The zero-order valence-corrected chi connectivity index (χ0v) is 10.0. The Kier molecular flexibility index (Phi) is 2.39. The molecule has 0 spiro atoms. The van der Waals surface area contributed by atoms with Crippen molar-refractivity contribution in [2.75, 3.05) is 6.54 Å². The summed E-state index contributed by atoms with van der Waals surface area (Å²) in [6, 6.07) is 10.6. The molecule has 2 aromatic rings. The van der Waals surface area contributed by atoms with Gasteiger partial charge in [-0.25, -0.2) is 0 Å². The minimum atomic E-state index is 0.170. The summed E-state index contributed by atoms with van der Waals surface area (Å²) in [6.45, 7) is 4.26. The summed E-state index contributed by atoms with van der Waals surface area (Å²) < 4.78 is 2.35. The van der Waals surface area contributed by atoms with E-state index in [1.807, 2.05) is 4.90 Å². The maximum Gasteiger partial charge on any atom is 0.219 e. The third-order valence-corrected chi connectivity index (χ3v) is 3.50. The number of hydrogen-bond donors (Lipinski definition) is 0. The highest BCUT2D eigenvalue weighted by Crippen LogP contribution is 2.23. The minimum absolute atomic E-state index is 0.170. The van der Waals surface area contributed by atoms with Crippen LogP contribution in [-0.4, -0.2) is 21.9 Å². The molecule has 1 aliphatic heterocycles. The Bertz CT molecular complexity index is 571. The number of rotatable bonds is 0. The van der Waals surface area contributed by atoms with E-state index >= 15 is 0 Å². The lowest BCUT2D eigenvalue weighted by Crippen LogP contribution is -2.28. The Morgan fingerprint density at radius 2 is 2.06 bits per heavy atom. The van der Waals surface area contributed by atoms with Crippen molar-refractivity contribution in [3.05, 3.63) is 36.0 Å². The Morgan fingerprint density at radius 3 is 2.88 bits per heavy atom. The van der Waals surface area contributed by atoms with E-state index in [0.717, 1.165) is 26.1 Å². The predicted molar refractivity (Wildman–Crippen MR) is 67.6 cm³/mol. The van der Waals surface area contributed by atoms with Crippen LogP contribution in [0.4, 0.5) is 0 Å². The van der Waals surface area contributed by atoms with Crippen LogP contribution >= 0.6 is 0 Å². The van der Waals surface area contributed by atoms with Gasteiger partial charge in [0.1, 0.15) is 0 Å². The van der Waals surface area contributed by atoms with Crippen molar-refractivity contribution < 1.29 is 4.79 Å². The van der Waals surface area contributed by atoms with E-state index in [-0.39, 0.29) is 5.91 Å². The van der Waals surface area contributed by atoms with Crippen molar-refractivity contribution in [2.24, 2.45) is 0 Å². The van der Waals surface area contributed by atoms with Gasteiger partial charge in [0.25, 0.3) is 0 Å². The highest BCUT2D eigenvalue weighted by atomic mass is 16.2. The summed E-state index contributed by atoms with van der Waals surface area (Å²) in [5, 5.41) is 1.27. The fraction of sp³-hybridized carbons (Fsp3) is 0.357. The summed E-state index contributed by atoms with van der Waals surface area (Å²) in [7, 11) is 0. The van der Waals surface area contributed by atoms with E-state index in [9.17, 15) is 4.79 Å². The standard InChI is InChI=1S/C14H16N2O/c1-11(17)15-7-4-8-16-13(10-15)9-12-5-2-3-6-14(12)16/h2-3,5-6,9H,4,7-8,10H2,1H3. The molecule has 0 radical (unpaired) electrons. The molecule has 88 valence electrons. The Balaban J connectivity index is 2.09. The van der Waals surface area contributed by atoms with Crippen LogP contribution in [0.1, 0.15) is 19.0 Å². The molecule has 0 unspecified atom stereocenters. The largest absolute Gasteiger partial charge is 0.343 e. The van der Waals surface area contributed by atoms with E-state index in [0.29, 0.717) is 0 Å². The fourth-order valence-electron chi connectivity index (χ4n) is 2.63. The smallest absolute Gasteiger partial charge is 0.219 e. The molecule has 0 aliphatic carbocycles. The molecule has 3 heteroatoms. The number of benzene rings is 1. The number of carbonyl (C=O) groups is 1. The molecule has 0 saturated carbocycles. The predicted octanol–water partition coefficient (Wildman–Crippen LogP) is 2.39. The molecule has 3 rings (SSSR count). The maximum atomic E-state index is 11.5. The van der Waals surface area contributed by atoms with Crippen LogP contribution < -0.4 is 0 Å². The molecular weight excluding hydrogens is 212 g/mol. The van der Waals surface area contributed by atoms with Gasteiger partial charge in [0.2, 0.25) is 5.91 Å². The van der Waals surface area contributed by atoms with Gasteiger partial charge in [-0.05, 0) is 23.9 Å². The van der Waals surface area contributed by atoms with Crippen molar-refractivity contribution in [3.8, 4) is 0 Å². The molecule has 17 heavy (non-hydrogen) atoms. The first-order valence-corrected chi connectivity index (χ1v) is 6.08. The van der Waals surface area contributed by atoms with Gasteiger partial charge in [-0.2, -0.15) is 0 Å². The first kappa shape index (κ1) is 10.4. The van der Waals surface area contributed by atoms with Gasteiger partial charge in [-0.15, -0.1) is 0 Å². The number of nitrogens with zero attached hydrogens (tertiary/aromatic N) is 2. The van der Waals surface area contributed by atoms with E-state index in [1.54, 1.807) is 6.92 Å². The second-order valence-corrected chi connectivity index (χ2v) is 4.64. The van der Waals surface area contributed by atoms with Crippen LogP contribution in [0.2, 0.25) is 0 Å². The van der Waals surface area contributed by atoms with Gasteiger partial charge in [-0.3, -0.25) is 4.79 Å². The molecule has 1 aromatic carbocycles. The zero-order valence-electron chi connectivity index (χ0n) is 10.0. The molecule has 1 amide bonds. The second-order valence-electron chi connectivity index (χ2n) is 4.64. The fourth-order valence-corrected chi connectivity index (χ4v) is 2.63. The highest BCUT2D eigenvalue weighted by Gasteiger charge is 2.17. The number of aromatic nitrogens is 1. The van der Waals surface area contributed by atoms with Crippen LogP contribution in [0, 0.1) is 0 Å². The number of amides is 1. The number of hydrogen-bond acceptors (Lipinski definition) is 1. The van der Waals surface area contributed by atoms with Gasteiger partial charge in [-0.1, -0.05) is 18.2 Å². The topological polar surface area (TPSA) is 25.2 Å². The third-order valence-electron chi connectivity index (χ3n) is 3.50. The van der Waals surface area contributed by atoms with Crippen molar-refractivity contribution >= 4 is 16.8 Å². The molecule has 3 nitrogen and oxygen atoms in total. The lowest BCUT2D eigenvalue weighted by Gasteiger charge is -2.17. The summed E-state index contributed by atoms with van der Waals surface area (Å²) in [5.74, 6) is 0.170. The van der Waals surface area contributed by atoms with Crippen molar-refractivity contribution in [1.82, 2.24) is 9.47 Å². The molecule has 0 N–H and O–H groups in total. The lowest BCUT2D eigenvalue weighted by atomic mass is 10.2. The number of fused-ring (bicyclic) bond motifs is 3. The lowest BCUT2D eigenvalue weighted by molar-refractivity contribution is -0.129. The zero-order chi connectivity index (χ0) is 11.8. The summed E-state index contributed by atoms with van der Waals surface area (Å²) in [4.78, 5) is 13.4. The number of para-hydroxylation sites is 1. The number of aryl methyl sites for hydroxylation is 1. The summed E-state index contributed by atoms with van der Waals surface area (Å²) in [6.07, 6.45) is 1.03. The first-order valence-electron chi connectivity index (χ1n) is 6.08. The third kappa shape index (κ3) is 1.71. The second kappa shape index (κ2) is 3.91. The maximum absolute atomic E-state index is 11.5. The van der Waals surface area contributed by atoms with E-state index in [2.05, 4.69) is 34.9 Å². The average Bonchev–Trinajstić information content (AvgIpc) is 2.53. The molecule has 0 saturated heterocycles. The molecule has 0 fully saturated rings. The summed E-state index contributed by atoms with van der Waals surface area (Å²) in [5.41, 5.74) is 2.53. The SMILES string of the molecule is CC(=O)N1CCCn2c(cc3ccccc32)C1. The molecule has 0 atom stereocenters. The van der Waals surface area contributed by atoms with Crippen LogP contribution in [0.15, 0.2) is 30.3 Å². The molecule has 1 aromatic heterocycles. The van der Waals surface area contributed by atoms with Crippen molar-refractivity contribution in [3.63, 3.8) is 0 Å². The molecule has 2 heterocycles. The normalized spacial score (nSPS) is 15.7. The molecule has 0 bridgehead atoms. The average molecular weight is 228 g/mol. The van der Waals surface area contributed by atoms with Crippen LogP contribution in [-0.2, 0) is 17.9 Å². The Morgan fingerprint density at radius 1 is 1.24 bits per heavy atom. The van der Waals surface area contributed by atoms with E-state index < -0.39 is 0 Å². The van der Waals surface area contributed by atoms with Gasteiger partial charge in [0, 0.05) is 31.2 Å². The molecule has 1 aliphatic rings. The van der Waals surface area contributed by atoms with E-state index in [4.69, 9.17) is 0 Å². The van der Waals surface area contributed by atoms with Gasteiger partial charge in [0.15, 0.2) is 0 Å². The van der Waals surface area contributed by atoms with Crippen molar-refractivity contribution in [2.45, 2.75) is 26.4 Å². The van der Waals surface area contributed by atoms with Crippen LogP contribution in [0.5, 0.6) is 0 Å². The first-order chi connectivity index (χ1) is 8.25. The number of carbonyl (C=O) groups excluding carboxylic acids is 1.